The highest BCUT2D eigenvalue weighted by atomic mass is 32.2. The minimum absolute atomic E-state index is 0.0799. The largest absolute Gasteiger partial charge is 0.353 e. The Morgan fingerprint density at radius 2 is 1.68 bits per heavy atom. The maximum absolute atomic E-state index is 13.2. The molecule has 1 aliphatic carbocycles. The van der Waals surface area contributed by atoms with Crippen molar-refractivity contribution in [3.63, 3.8) is 0 Å². The number of fused-ring (bicyclic) bond motifs is 1. The molecule has 0 unspecified atom stereocenters. The molecule has 172 valence electrons. The molecular weight excluding hydrogens is 410 g/mol. The van der Waals surface area contributed by atoms with E-state index in [1.54, 1.807) is 10.4 Å². The Labute approximate surface area is 187 Å². The van der Waals surface area contributed by atoms with Crippen LogP contribution in [0.25, 0.3) is 0 Å². The quantitative estimate of drug-likeness (QED) is 0.728. The van der Waals surface area contributed by atoms with Crippen LogP contribution < -0.4 is 5.32 Å². The molecule has 2 saturated heterocycles. The van der Waals surface area contributed by atoms with Crippen molar-refractivity contribution in [2.45, 2.75) is 75.6 Å². The Morgan fingerprint density at radius 1 is 1.00 bits per heavy atom. The van der Waals surface area contributed by atoms with E-state index in [4.69, 9.17) is 0 Å². The molecule has 4 rings (SSSR count). The van der Waals surface area contributed by atoms with Crippen LogP contribution in [0.15, 0.2) is 23.1 Å². The second-order valence-corrected chi connectivity index (χ2v) is 11.4. The summed E-state index contributed by atoms with van der Waals surface area (Å²) in [7, 11) is -3.49. The number of sulfonamides is 1. The van der Waals surface area contributed by atoms with E-state index >= 15 is 0 Å². The van der Waals surface area contributed by atoms with E-state index in [-0.39, 0.29) is 17.9 Å². The van der Waals surface area contributed by atoms with E-state index in [1.807, 2.05) is 12.1 Å². The van der Waals surface area contributed by atoms with Crippen LogP contribution in [0.2, 0.25) is 0 Å². The molecule has 0 aromatic heterocycles. The van der Waals surface area contributed by atoms with Crippen molar-refractivity contribution >= 4 is 15.9 Å². The van der Waals surface area contributed by atoms with Crippen LogP contribution in [0, 0.1) is 5.92 Å². The monoisotopic (exact) mass is 447 g/mol. The Balaban J connectivity index is 1.29. The summed E-state index contributed by atoms with van der Waals surface area (Å²) in [5.41, 5.74) is 2.48. The number of nitrogens with one attached hydrogen (secondary N) is 1. The Hall–Kier alpha value is -1.44. The zero-order valence-electron chi connectivity index (χ0n) is 18.8. The molecule has 2 fully saturated rings. The van der Waals surface area contributed by atoms with Crippen LogP contribution in [0.4, 0.5) is 0 Å². The molecule has 1 aromatic rings. The lowest BCUT2D eigenvalue weighted by Gasteiger charge is -2.34. The van der Waals surface area contributed by atoms with Crippen molar-refractivity contribution in [2.75, 3.05) is 32.7 Å². The summed E-state index contributed by atoms with van der Waals surface area (Å²) in [4.78, 5) is 15.6. The van der Waals surface area contributed by atoms with E-state index in [0.717, 1.165) is 51.7 Å². The van der Waals surface area contributed by atoms with Gasteiger partial charge in [-0.05, 0) is 87.6 Å². The van der Waals surface area contributed by atoms with E-state index in [2.05, 4.69) is 17.1 Å². The number of amides is 1. The Morgan fingerprint density at radius 3 is 2.35 bits per heavy atom. The predicted molar refractivity (Wildman–Crippen MR) is 122 cm³/mol. The number of likely N-dealkylation sites (tertiary alicyclic amines) is 1. The molecule has 1 amide bonds. The van der Waals surface area contributed by atoms with Gasteiger partial charge in [0.25, 0.3) is 0 Å². The third-order valence-corrected chi connectivity index (χ3v) is 9.15. The minimum Gasteiger partial charge on any atom is -0.353 e. The third-order valence-electron chi connectivity index (χ3n) is 7.26. The molecule has 2 heterocycles. The van der Waals surface area contributed by atoms with E-state index in [0.29, 0.717) is 30.8 Å². The van der Waals surface area contributed by atoms with Crippen LogP contribution in [0.3, 0.4) is 0 Å². The molecule has 0 saturated carbocycles. The maximum atomic E-state index is 13.2. The number of nitrogens with zero attached hydrogens (tertiary/aromatic N) is 2. The number of rotatable bonds is 6. The maximum Gasteiger partial charge on any atom is 0.243 e. The summed E-state index contributed by atoms with van der Waals surface area (Å²) in [6, 6.07) is 5.90. The zero-order chi connectivity index (χ0) is 21.8. The summed E-state index contributed by atoms with van der Waals surface area (Å²) < 4.78 is 27.9. The van der Waals surface area contributed by atoms with Crippen LogP contribution in [0.1, 0.15) is 63.0 Å². The summed E-state index contributed by atoms with van der Waals surface area (Å²) >= 11 is 0. The average molecular weight is 448 g/mol. The lowest BCUT2D eigenvalue weighted by Crippen LogP contribution is -2.48. The molecule has 0 spiro atoms. The molecule has 0 bridgehead atoms. The van der Waals surface area contributed by atoms with Gasteiger partial charge in [-0.1, -0.05) is 13.0 Å². The molecule has 0 atom stereocenters. The van der Waals surface area contributed by atoms with Crippen LogP contribution >= 0.6 is 0 Å². The highest BCUT2D eigenvalue weighted by molar-refractivity contribution is 7.89. The SMILES string of the molecule is CCCN1CCC(NC(=O)C2CCN(S(=O)(=O)c3ccc4c(c3)CCCC4)CC2)CC1. The Bertz CT molecular complexity index is 870. The highest BCUT2D eigenvalue weighted by Gasteiger charge is 2.33. The zero-order valence-corrected chi connectivity index (χ0v) is 19.6. The van der Waals surface area contributed by atoms with Gasteiger partial charge in [0.15, 0.2) is 0 Å². The molecule has 1 aromatic carbocycles. The van der Waals surface area contributed by atoms with Crippen LogP contribution in [-0.2, 0) is 27.7 Å². The number of carbonyl (C=O) groups is 1. The van der Waals surface area contributed by atoms with Gasteiger partial charge in [0, 0.05) is 38.1 Å². The summed E-state index contributed by atoms with van der Waals surface area (Å²) in [5.74, 6) is 0.0309. The first-order valence-corrected chi connectivity index (χ1v) is 13.6. The van der Waals surface area contributed by atoms with Crippen molar-refractivity contribution in [3.8, 4) is 0 Å². The van der Waals surface area contributed by atoms with Crippen molar-refractivity contribution in [3.05, 3.63) is 29.3 Å². The Kier molecular flexibility index (Phi) is 7.34. The van der Waals surface area contributed by atoms with Gasteiger partial charge in [-0.25, -0.2) is 8.42 Å². The van der Waals surface area contributed by atoms with Gasteiger partial charge < -0.3 is 10.2 Å². The van der Waals surface area contributed by atoms with E-state index < -0.39 is 10.0 Å². The summed E-state index contributed by atoms with van der Waals surface area (Å²) in [6.07, 6.45) is 8.74. The molecule has 2 aliphatic heterocycles. The first-order chi connectivity index (χ1) is 15.0. The van der Waals surface area contributed by atoms with Crippen LogP contribution in [-0.4, -0.2) is 62.3 Å². The molecule has 0 radical (unpaired) electrons. The second-order valence-electron chi connectivity index (χ2n) is 9.44. The molecule has 6 nitrogen and oxygen atoms in total. The average Bonchev–Trinajstić information content (AvgIpc) is 2.80. The highest BCUT2D eigenvalue weighted by Crippen LogP contribution is 2.28. The molecule has 7 heteroatoms. The smallest absolute Gasteiger partial charge is 0.243 e. The number of aryl methyl sites for hydroxylation is 2. The third kappa shape index (κ3) is 5.32. The topological polar surface area (TPSA) is 69.7 Å². The minimum atomic E-state index is -3.49. The molecule has 31 heavy (non-hydrogen) atoms. The van der Waals surface area contributed by atoms with Gasteiger partial charge in [0.2, 0.25) is 15.9 Å². The normalized spacial score (nSPS) is 22.2. The van der Waals surface area contributed by atoms with Gasteiger partial charge in [0.05, 0.1) is 4.90 Å². The summed E-state index contributed by atoms with van der Waals surface area (Å²) in [5, 5.41) is 3.24. The van der Waals surface area contributed by atoms with Crippen molar-refractivity contribution in [1.29, 1.82) is 0 Å². The lowest BCUT2D eigenvalue weighted by molar-refractivity contribution is -0.127. The fourth-order valence-electron chi connectivity index (χ4n) is 5.31. The van der Waals surface area contributed by atoms with Gasteiger partial charge in [-0.3, -0.25) is 4.79 Å². The summed E-state index contributed by atoms with van der Waals surface area (Å²) in [6.45, 7) is 6.29. The van der Waals surface area contributed by atoms with Gasteiger partial charge in [0.1, 0.15) is 0 Å². The fraction of sp³-hybridized carbons (Fsp3) is 0.708. The first kappa shape index (κ1) is 22.7. The van der Waals surface area contributed by atoms with Gasteiger partial charge in [-0.15, -0.1) is 0 Å². The van der Waals surface area contributed by atoms with Crippen LogP contribution in [0.5, 0.6) is 0 Å². The number of hydrogen-bond acceptors (Lipinski definition) is 4. The van der Waals surface area contributed by atoms with Crippen molar-refractivity contribution in [2.24, 2.45) is 5.92 Å². The molecule has 3 aliphatic rings. The second kappa shape index (κ2) is 10.0. The van der Waals surface area contributed by atoms with Crippen molar-refractivity contribution < 1.29 is 13.2 Å². The van der Waals surface area contributed by atoms with Crippen molar-refractivity contribution in [1.82, 2.24) is 14.5 Å². The lowest BCUT2D eigenvalue weighted by atomic mass is 9.92. The number of carbonyl (C=O) groups excluding carboxylic acids is 1. The number of piperidine rings is 2. The number of hydrogen-bond donors (Lipinski definition) is 1. The predicted octanol–water partition coefficient (Wildman–Crippen LogP) is 2.96. The molecular formula is C24H37N3O3S. The fourth-order valence-corrected chi connectivity index (χ4v) is 6.83. The van der Waals surface area contributed by atoms with Gasteiger partial charge in [-0.2, -0.15) is 4.31 Å². The molecule has 1 N–H and O–H groups in total. The van der Waals surface area contributed by atoms with Gasteiger partial charge >= 0.3 is 0 Å². The first-order valence-electron chi connectivity index (χ1n) is 12.1. The van der Waals surface area contributed by atoms with E-state index in [1.165, 1.54) is 24.0 Å². The van der Waals surface area contributed by atoms with E-state index in [9.17, 15) is 13.2 Å². The standard InChI is InChI=1S/C24H37N3O3S/c1-2-13-26-14-11-22(12-15-26)25-24(28)20-9-16-27(17-10-20)31(29,30)23-8-7-19-5-3-4-6-21(19)18-23/h7-8,18,20,22H,2-6,9-17H2,1H3,(H,25,28). The number of benzene rings is 1.